The molecular formula is C6H14N2O3. The summed E-state index contributed by atoms with van der Waals surface area (Å²) in [6, 6.07) is 0. The van der Waals surface area contributed by atoms with Crippen LogP contribution in [0.2, 0.25) is 0 Å². The first-order valence-electron chi connectivity index (χ1n) is 3.38. The summed E-state index contributed by atoms with van der Waals surface area (Å²) < 4.78 is 0. The second-order valence-corrected chi connectivity index (χ2v) is 2.16. The van der Waals surface area contributed by atoms with Crippen LogP contribution in [0.1, 0.15) is 6.42 Å². The summed E-state index contributed by atoms with van der Waals surface area (Å²) in [5.74, 6) is 0. The number of amides is 1. The van der Waals surface area contributed by atoms with Crippen LogP contribution in [0.4, 0.5) is 4.79 Å². The fourth-order valence-electron chi connectivity index (χ4n) is 0.586. The van der Waals surface area contributed by atoms with Crippen molar-refractivity contribution in [2.45, 2.75) is 6.42 Å². The van der Waals surface area contributed by atoms with E-state index in [4.69, 9.17) is 5.11 Å². The Hall–Kier alpha value is -0.810. The largest absolute Gasteiger partial charge is 0.465 e. The van der Waals surface area contributed by atoms with E-state index in [-0.39, 0.29) is 0 Å². The Morgan fingerprint density at radius 1 is 1.73 bits per heavy atom. The zero-order valence-electron chi connectivity index (χ0n) is 6.83. The van der Waals surface area contributed by atoms with E-state index in [1.165, 1.54) is 19.1 Å². The Morgan fingerprint density at radius 3 is 2.82 bits per heavy atom. The third-order valence-corrected chi connectivity index (χ3v) is 1.24. The molecule has 0 aliphatic heterocycles. The standard InChI is InChI=1S/C6H14N2O3/c1-8(6(9)10)5-3-4-7-11-2/h7H,3-5H2,1-2H3,(H,9,10). The van der Waals surface area contributed by atoms with Gasteiger partial charge in [-0.1, -0.05) is 0 Å². The molecule has 0 aliphatic carbocycles. The Morgan fingerprint density at radius 2 is 2.36 bits per heavy atom. The highest BCUT2D eigenvalue weighted by atomic mass is 16.6. The van der Waals surface area contributed by atoms with Gasteiger partial charge in [0.2, 0.25) is 0 Å². The van der Waals surface area contributed by atoms with E-state index in [0.29, 0.717) is 13.1 Å². The molecule has 11 heavy (non-hydrogen) atoms. The maximum atomic E-state index is 10.2. The summed E-state index contributed by atoms with van der Waals surface area (Å²) in [6.45, 7) is 1.18. The highest BCUT2D eigenvalue weighted by Crippen LogP contribution is 1.86. The molecule has 0 heterocycles. The van der Waals surface area contributed by atoms with Gasteiger partial charge in [0, 0.05) is 20.1 Å². The van der Waals surface area contributed by atoms with Crippen LogP contribution < -0.4 is 5.48 Å². The number of carboxylic acid groups (broad SMARTS) is 1. The summed E-state index contributed by atoms with van der Waals surface area (Å²) in [4.78, 5) is 16.0. The highest BCUT2D eigenvalue weighted by Gasteiger charge is 2.02. The first-order valence-corrected chi connectivity index (χ1v) is 3.38. The molecule has 0 saturated heterocycles. The molecule has 0 bridgehead atoms. The van der Waals surface area contributed by atoms with Crippen LogP contribution in [0.15, 0.2) is 0 Å². The maximum Gasteiger partial charge on any atom is 0.407 e. The molecule has 0 aromatic carbocycles. The molecule has 5 heteroatoms. The van der Waals surface area contributed by atoms with Crippen molar-refractivity contribution in [2.75, 3.05) is 27.2 Å². The minimum Gasteiger partial charge on any atom is -0.465 e. The van der Waals surface area contributed by atoms with E-state index >= 15 is 0 Å². The van der Waals surface area contributed by atoms with Gasteiger partial charge in [0.05, 0.1) is 7.11 Å². The van der Waals surface area contributed by atoms with E-state index in [1.54, 1.807) is 0 Å². The summed E-state index contributed by atoms with van der Waals surface area (Å²) >= 11 is 0. The average molecular weight is 162 g/mol. The normalized spacial score (nSPS) is 9.64. The molecule has 5 nitrogen and oxygen atoms in total. The van der Waals surface area contributed by atoms with Gasteiger partial charge in [-0.05, 0) is 6.42 Å². The van der Waals surface area contributed by atoms with E-state index in [2.05, 4.69) is 10.3 Å². The van der Waals surface area contributed by atoms with Gasteiger partial charge in [0.1, 0.15) is 0 Å². The van der Waals surface area contributed by atoms with Gasteiger partial charge in [-0.2, -0.15) is 0 Å². The Bertz CT molecular complexity index is 118. The lowest BCUT2D eigenvalue weighted by Gasteiger charge is -2.11. The molecular weight excluding hydrogens is 148 g/mol. The molecule has 66 valence electrons. The number of hydroxylamine groups is 1. The Kier molecular flexibility index (Phi) is 5.50. The molecule has 1 amide bonds. The van der Waals surface area contributed by atoms with Crippen molar-refractivity contribution >= 4 is 6.09 Å². The molecule has 0 fully saturated rings. The second-order valence-electron chi connectivity index (χ2n) is 2.16. The lowest BCUT2D eigenvalue weighted by molar-refractivity contribution is 0.0882. The first kappa shape index (κ1) is 10.2. The van der Waals surface area contributed by atoms with Crippen LogP contribution in [0.3, 0.4) is 0 Å². The fraction of sp³-hybridized carbons (Fsp3) is 0.833. The lowest BCUT2D eigenvalue weighted by Crippen LogP contribution is -2.28. The number of nitrogens with one attached hydrogen (secondary N) is 1. The highest BCUT2D eigenvalue weighted by molar-refractivity contribution is 5.64. The maximum absolute atomic E-state index is 10.2. The van der Waals surface area contributed by atoms with Crippen LogP contribution >= 0.6 is 0 Å². The van der Waals surface area contributed by atoms with Gasteiger partial charge in [0.15, 0.2) is 0 Å². The third-order valence-electron chi connectivity index (χ3n) is 1.24. The van der Waals surface area contributed by atoms with Crippen molar-refractivity contribution in [3.8, 4) is 0 Å². The molecule has 0 aromatic rings. The van der Waals surface area contributed by atoms with Crippen molar-refractivity contribution in [3.63, 3.8) is 0 Å². The second kappa shape index (κ2) is 5.94. The zero-order chi connectivity index (χ0) is 8.69. The summed E-state index contributed by atoms with van der Waals surface area (Å²) in [5, 5.41) is 8.41. The minimum absolute atomic E-state index is 0.520. The van der Waals surface area contributed by atoms with Crippen LogP contribution in [0.25, 0.3) is 0 Å². The predicted molar refractivity (Wildman–Crippen MR) is 40.3 cm³/mol. The van der Waals surface area contributed by atoms with Gasteiger partial charge in [-0.3, -0.25) is 0 Å². The molecule has 0 aliphatic rings. The Labute approximate surface area is 65.9 Å². The SMILES string of the molecule is CONCCCN(C)C(=O)O. The van der Waals surface area contributed by atoms with E-state index in [0.717, 1.165) is 6.42 Å². The monoisotopic (exact) mass is 162 g/mol. The van der Waals surface area contributed by atoms with E-state index in [9.17, 15) is 4.79 Å². The number of hydrogen-bond donors (Lipinski definition) is 2. The third kappa shape index (κ3) is 5.63. The lowest BCUT2D eigenvalue weighted by atomic mass is 10.4. The molecule has 0 unspecified atom stereocenters. The van der Waals surface area contributed by atoms with Crippen molar-refractivity contribution in [2.24, 2.45) is 0 Å². The van der Waals surface area contributed by atoms with Crippen molar-refractivity contribution in [3.05, 3.63) is 0 Å². The van der Waals surface area contributed by atoms with Crippen LogP contribution in [-0.4, -0.2) is 43.3 Å². The van der Waals surface area contributed by atoms with E-state index < -0.39 is 6.09 Å². The molecule has 0 aromatic heterocycles. The smallest absolute Gasteiger partial charge is 0.407 e. The summed E-state index contributed by atoms with van der Waals surface area (Å²) in [7, 11) is 3.07. The van der Waals surface area contributed by atoms with Gasteiger partial charge in [0.25, 0.3) is 0 Å². The number of rotatable bonds is 5. The molecule has 0 rings (SSSR count). The van der Waals surface area contributed by atoms with Crippen molar-refractivity contribution < 1.29 is 14.7 Å². The number of nitrogens with zero attached hydrogens (tertiary/aromatic N) is 1. The van der Waals surface area contributed by atoms with Gasteiger partial charge >= 0.3 is 6.09 Å². The van der Waals surface area contributed by atoms with Gasteiger partial charge in [-0.25, -0.2) is 10.3 Å². The summed E-state index contributed by atoms with van der Waals surface area (Å²) in [5.41, 5.74) is 2.62. The summed E-state index contributed by atoms with van der Waals surface area (Å²) in [6.07, 6.45) is -0.154. The average Bonchev–Trinajstić information content (AvgIpc) is 1.97. The molecule has 0 saturated carbocycles. The number of carbonyl (C=O) groups is 1. The molecule has 0 atom stereocenters. The van der Waals surface area contributed by atoms with Crippen molar-refractivity contribution in [1.82, 2.24) is 10.4 Å². The number of hydrogen-bond acceptors (Lipinski definition) is 3. The van der Waals surface area contributed by atoms with Crippen LogP contribution in [-0.2, 0) is 4.84 Å². The molecule has 2 N–H and O–H groups in total. The molecule has 0 spiro atoms. The first-order chi connectivity index (χ1) is 5.18. The van der Waals surface area contributed by atoms with Gasteiger partial charge in [-0.15, -0.1) is 0 Å². The van der Waals surface area contributed by atoms with Crippen LogP contribution in [0.5, 0.6) is 0 Å². The minimum atomic E-state index is -0.901. The zero-order valence-corrected chi connectivity index (χ0v) is 6.83. The quantitative estimate of drug-likeness (QED) is 0.446. The topological polar surface area (TPSA) is 61.8 Å². The van der Waals surface area contributed by atoms with E-state index in [1.807, 2.05) is 0 Å². The van der Waals surface area contributed by atoms with Crippen molar-refractivity contribution in [1.29, 1.82) is 0 Å². The van der Waals surface area contributed by atoms with Gasteiger partial charge < -0.3 is 14.8 Å². The fourth-order valence-corrected chi connectivity index (χ4v) is 0.586. The molecule has 0 radical (unpaired) electrons. The Balaban J connectivity index is 3.17. The predicted octanol–water partition coefficient (Wildman–Crippen LogP) is 0.137. The van der Waals surface area contributed by atoms with Crippen LogP contribution in [0, 0.1) is 0 Å².